The van der Waals surface area contributed by atoms with Crippen LogP contribution in [0.3, 0.4) is 0 Å². The third-order valence-corrected chi connectivity index (χ3v) is 4.86. The number of nitrogens with two attached hydrogens (primary N) is 1. The molecule has 4 rings (SSSR count). The highest BCUT2D eigenvalue weighted by Crippen LogP contribution is 2.39. The first-order chi connectivity index (χ1) is 17.0. The van der Waals surface area contributed by atoms with E-state index in [0.29, 0.717) is 16.8 Å². The lowest BCUT2D eigenvalue weighted by molar-refractivity contribution is 0.0524. The largest absolute Gasteiger partial charge is 0.469 e. The van der Waals surface area contributed by atoms with E-state index in [0.717, 1.165) is 0 Å². The lowest BCUT2D eigenvalue weighted by Crippen LogP contribution is -2.27. The van der Waals surface area contributed by atoms with Gasteiger partial charge < -0.3 is 15.6 Å². The summed E-state index contributed by atoms with van der Waals surface area (Å²) in [7, 11) is 0. The van der Waals surface area contributed by atoms with E-state index in [1.54, 1.807) is 26.8 Å². The lowest BCUT2D eigenvalue weighted by atomic mass is 9.99. The summed E-state index contributed by atoms with van der Waals surface area (Å²) in [6, 6.07) is 8.24. The maximum atomic E-state index is 13.6. The van der Waals surface area contributed by atoms with Crippen LogP contribution in [-0.4, -0.2) is 45.9 Å². The van der Waals surface area contributed by atoms with E-state index in [2.05, 4.69) is 30.4 Å². The molecular formula is C23H23F3N8O2. The van der Waals surface area contributed by atoms with Gasteiger partial charge in [-0.05, 0) is 67.9 Å². The number of pyridine rings is 1. The molecule has 0 fully saturated rings. The molecule has 10 nitrogen and oxygen atoms in total. The number of aromatic nitrogens is 7. The fourth-order valence-electron chi connectivity index (χ4n) is 3.47. The van der Waals surface area contributed by atoms with E-state index in [1.165, 1.54) is 35.1 Å². The zero-order valence-corrected chi connectivity index (χ0v) is 19.7. The Morgan fingerprint density at radius 3 is 2.47 bits per heavy atom. The number of nitrogen functional groups attached to an aromatic ring is 1. The first-order valence-electron chi connectivity index (χ1n) is 10.8. The van der Waals surface area contributed by atoms with Crippen molar-refractivity contribution in [2.24, 2.45) is 0 Å². The number of hydrogen-bond acceptors (Lipinski definition) is 9. The minimum Gasteiger partial charge on any atom is -0.469 e. The number of halogens is 3. The molecule has 0 aliphatic heterocycles. The van der Waals surface area contributed by atoms with Crippen LogP contribution in [0.15, 0.2) is 36.4 Å². The van der Waals surface area contributed by atoms with Crippen LogP contribution in [0, 0.1) is 12.7 Å². The fourth-order valence-corrected chi connectivity index (χ4v) is 3.47. The minimum atomic E-state index is -2.81. The third kappa shape index (κ3) is 5.92. The van der Waals surface area contributed by atoms with Gasteiger partial charge in [0.25, 0.3) is 6.43 Å². The number of tetrazole rings is 1. The van der Waals surface area contributed by atoms with Crippen molar-refractivity contribution < 1.29 is 23.0 Å². The first kappa shape index (κ1) is 25.0. The molecule has 13 heteroatoms. The third-order valence-electron chi connectivity index (χ3n) is 4.86. The number of nitrogens with zero attached hydrogens (tertiary/aromatic N) is 7. The Balaban J connectivity index is 1.79. The number of benzene rings is 1. The molecule has 0 spiro atoms. The zero-order valence-electron chi connectivity index (χ0n) is 19.7. The molecule has 0 unspecified atom stereocenters. The molecule has 0 aliphatic rings. The van der Waals surface area contributed by atoms with Crippen LogP contribution in [-0.2, 0) is 13.2 Å². The molecule has 3 N–H and O–H groups in total. The van der Waals surface area contributed by atoms with Gasteiger partial charge in [-0.2, -0.15) is 9.78 Å². The topological polar surface area (TPSA) is 138 Å². The Labute approximate surface area is 204 Å². The second kappa shape index (κ2) is 9.85. The van der Waals surface area contributed by atoms with Gasteiger partial charge in [-0.15, -0.1) is 10.2 Å². The van der Waals surface area contributed by atoms with Crippen molar-refractivity contribution in [3.8, 4) is 28.3 Å². The van der Waals surface area contributed by atoms with Gasteiger partial charge >= 0.3 is 0 Å². The summed E-state index contributed by atoms with van der Waals surface area (Å²) >= 11 is 0. The molecule has 0 atom stereocenters. The highest BCUT2D eigenvalue weighted by Gasteiger charge is 2.22. The van der Waals surface area contributed by atoms with Gasteiger partial charge in [-0.3, -0.25) is 4.98 Å². The molecule has 0 amide bonds. The van der Waals surface area contributed by atoms with Crippen molar-refractivity contribution in [2.45, 2.75) is 45.9 Å². The molecule has 0 radical (unpaired) electrons. The maximum absolute atomic E-state index is 13.6. The summed E-state index contributed by atoms with van der Waals surface area (Å²) in [5, 5.41) is 21.9. The van der Waals surface area contributed by atoms with Crippen LogP contribution >= 0.6 is 0 Å². The number of alkyl halides is 2. The first-order valence-corrected chi connectivity index (χ1v) is 10.8. The van der Waals surface area contributed by atoms with Crippen molar-refractivity contribution in [3.05, 3.63) is 59.4 Å². The van der Waals surface area contributed by atoms with Crippen molar-refractivity contribution >= 4 is 5.95 Å². The molecule has 4 aromatic rings. The minimum absolute atomic E-state index is 0.0218. The highest BCUT2D eigenvalue weighted by molar-refractivity contribution is 5.85. The van der Waals surface area contributed by atoms with Crippen molar-refractivity contribution in [1.29, 1.82) is 0 Å². The number of aliphatic hydroxyl groups is 1. The Morgan fingerprint density at radius 2 is 1.81 bits per heavy atom. The lowest BCUT2D eigenvalue weighted by Gasteiger charge is -2.16. The number of ether oxygens (including phenoxy) is 1. The van der Waals surface area contributed by atoms with Gasteiger partial charge in [-0.25, -0.2) is 18.2 Å². The van der Waals surface area contributed by atoms with Crippen LogP contribution in [0.25, 0.3) is 22.4 Å². The van der Waals surface area contributed by atoms with Gasteiger partial charge in [0.2, 0.25) is 17.7 Å². The second-order valence-corrected chi connectivity index (χ2v) is 8.68. The molecule has 0 aliphatic carbocycles. The summed E-state index contributed by atoms with van der Waals surface area (Å²) in [6.45, 7) is 4.70. The van der Waals surface area contributed by atoms with E-state index in [1.807, 2.05) is 0 Å². The Bertz CT molecular complexity index is 1370. The fraction of sp³-hybridized carbons (Fsp3) is 0.304. The summed E-state index contributed by atoms with van der Waals surface area (Å²) < 4.78 is 46.5. The second-order valence-electron chi connectivity index (χ2n) is 8.68. The predicted octanol–water partition coefficient (Wildman–Crippen LogP) is 3.51. The molecule has 1 aromatic carbocycles. The van der Waals surface area contributed by atoms with Crippen molar-refractivity contribution in [1.82, 2.24) is 35.2 Å². The highest BCUT2D eigenvalue weighted by atomic mass is 19.3. The molecule has 0 bridgehead atoms. The van der Waals surface area contributed by atoms with Crippen molar-refractivity contribution in [2.75, 3.05) is 5.73 Å². The molecular weight excluding hydrogens is 477 g/mol. The van der Waals surface area contributed by atoms with Crippen LogP contribution in [0.1, 0.15) is 37.5 Å². The van der Waals surface area contributed by atoms with E-state index in [9.17, 15) is 18.3 Å². The summed E-state index contributed by atoms with van der Waals surface area (Å²) in [5.74, 6) is -0.443. The Hall–Kier alpha value is -4.13. The van der Waals surface area contributed by atoms with Gasteiger partial charge in [0.1, 0.15) is 11.5 Å². The molecule has 36 heavy (non-hydrogen) atoms. The SMILES string of the molecule is Cc1cc(-c2c(OCc3nnn(CC(C)(C)O)n3)nc(N)nc2-c2ccc(F)cc2)cc(C(F)F)n1. The van der Waals surface area contributed by atoms with E-state index < -0.39 is 23.5 Å². The average Bonchev–Trinajstić information content (AvgIpc) is 3.22. The van der Waals surface area contributed by atoms with Gasteiger partial charge in [0.15, 0.2) is 6.61 Å². The predicted molar refractivity (Wildman–Crippen MR) is 123 cm³/mol. The van der Waals surface area contributed by atoms with E-state index >= 15 is 0 Å². The average molecular weight is 500 g/mol. The van der Waals surface area contributed by atoms with E-state index in [4.69, 9.17) is 10.5 Å². The van der Waals surface area contributed by atoms with Gasteiger partial charge in [0.05, 0.1) is 23.4 Å². The standard InChI is InChI=1S/C23H23F3N8O2/c1-12-8-14(9-16(28-12)20(25)26)18-19(13-4-6-15(24)7-5-13)29-22(27)30-21(18)36-10-17-31-33-34(32-17)11-23(2,3)35/h4-9,20,35H,10-11H2,1-3H3,(H2,27,29,30). The summed E-state index contributed by atoms with van der Waals surface area (Å²) in [6.07, 6.45) is -2.81. The summed E-state index contributed by atoms with van der Waals surface area (Å²) in [4.78, 5) is 13.6. The smallest absolute Gasteiger partial charge is 0.280 e. The normalized spacial score (nSPS) is 11.8. The van der Waals surface area contributed by atoms with E-state index in [-0.39, 0.29) is 42.1 Å². The van der Waals surface area contributed by atoms with Crippen LogP contribution in [0.5, 0.6) is 5.88 Å². The quantitative estimate of drug-likeness (QED) is 0.372. The van der Waals surface area contributed by atoms with Crippen LogP contribution < -0.4 is 10.5 Å². The van der Waals surface area contributed by atoms with Crippen LogP contribution in [0.2, 0.25) is 0 Å². The molecule has 3 aromatic heterocycles. The number of aryl methyl sites for hydroxylation is 1. The number of anilines is 1. The van der Waals surface area contributed by atoms with Crippen LogP contribution in [0.4, 0.5) is 19.1 Å². The van der Waals surface area contributed by atoms with Gasteiger partial charge in [0, 0.05) is 11.3 Å². The monoisotopic (exact) mass is 500 g/mol. The Kier molecular flexibility index (Phi) is 6.84. The van der Waals surface area contributed by atoms with Gasteiger partial charge in [-0.1, -0.05) is 0 Å². The number of hydrogen-bond donors (Lipinski definition) is 2. The zero-order chi connectivity index (χ0) is 26.0. The van der Waals surface area contributed by atoms with Crippen molar-refractivity contribution in [3.63, 3.8) is 0 Å². The molecule has 0 saturated carbocycles. The number of rotatable bonds is 8. The molecule has 3 heterocycles. The molecule has 0 saturated heterocycles. The maximum Gasteiger partial charge on any atom is 0.280 e. The molecule has 188 valence electrons. The Morgan fingerprint density at radius 1 is 1.08 bits per heavy atom. The summed E-state index contributed by atoms with van der Waals surface area (Å²) in [5.41, 5.74) is 6.07.